The summed E-state index contributed by atoms with van der Waals surface area (Å²) in [4.78, 5) is 14.8. The number of Topliss-reactive ketones (excluding diaryl/α,β-unsaturated/α-hetero) is 1. The maximum Gasteiger partial charge on any atom is 0.163 e. The third-order valence-electron chi connectivity index (χ3n) is 3.88. The second kappa shape index (κ2) is 6.15. The first-order valence-corrected chi connectivity index (χ1v) is 6.93. The predicted molar refractivity (Wildman–Crippen MR) is 70.9 cm³/mol. The predicted octanol–water partition coefficient (Wildman–Crippen LogP) is 2.95. The summed E-state index contributed by atoms with van der Waals surface area (Å²) in [5.41, 5.74) is 1.01. The number of hydrogen-bond acceptors (Lipinski definition) is 2. The Balaban J connectivity index is 1.89. The van der Waals surface area contributed by atoms with Gasteiger partial charge in [0.15, 0.2) is 5.78 Å². The number of ketones is 1. The Morgan fingerprint density at radius 3 is 2.71 bits per heavy atom. The molecule has 1 unspecified atom stereocenters. The molecule has 0 bridgehead atoms. The van der Waals surface area contributed by atoms with Crippen LogP contribution < -0.4 is 0 Å². The molecule has 0 aromatic carbocycles. The van der Waals surface area contributed by atoms with Gasteiger partial charge in [0.2, 0.25) is 0 Å². The molecule has 0 N–H and O–H groups in total. The standard InChI is InChI=1S/C15H23NO/c1-2-13(12-16-10-6-3-7-11-16)15(17)14-8-4-5-9-14/h4-5,8,13H,2-3,6-7,9-12H2,1H3. The van der Waals surface area contributed by atoms with Crippen molar-refractivity contribution in [3.63, 3.8) is 0 Å². The molecule has 0 aromatic rings. The minimum Gasteiger partial charge on any atom is -0.303 e. The topological polar surface area (TPSA) is 20.3 Å². The molecule has 1 aliphatic heterocycles. The van der Waals surface area contributed by atoms with Crippen molar-refractivity contribution in [2.45, 2.75) is 39.0 Å². The maximum absolute atomic E-state index is 12.3. The van der Waals surface area contributed by atoms with Gasteiger partial charge < -0.3 is 4.90 Å². The number of nitrogens with zero attached hydrogens (tertiary/aromatic N) is 1. The van der Waals surface area contributed by atoms with Crippen LogP contribution in [0.1, 0.15) is 39.0 Å². The zero-order valence-electron chi connectivity index (χ0n) is 10.8. The van der Waals surface area contributed by atoms with Crippen LogP contribution in [-0.4, -0.2) is 30.3 Å². The summed E-state index contributed by atoms with van der Waals surface area (Å²) in [6.07, 6.45) is 11.8. The van der Waals surface area contributed by atoms with Gasteiger partial charge in [0, 0.05) is 12.5 Å². The van der Waals surface area contributed by atoms with E-state index in [-0.39, 0.29) is 5.92 Å². The molecular formula is C15H23NO. The fourth-order valence-corrected chi connectivity index (χ4v) is 2.74. The van der Waals surface area contributed by atoms with Gasteiger partial charge >= 0.3 is 0 Å². The van der Waals surface area contributed by atoms with E-state index < -0.39 is 0 Å². The molecule has 1 saturated heterocycles. The lowest BCUT2D eigenvalue weighted by atomic mass is 9.93. The van der Waals surface area contributed by atoms with Crippen LogP contribution in [0.15, 0.2) is 23.8 Å². The fraction of sp³-hybridized carbons (Fsp3) is 0.667. The van der Waals surface area contributed by atoms with Crippen molar-refractivity contribution in [2.24, 2.45) is 5.92 Å². The molecule has 2 nitrogen and oxygen atoms in total. The first kappa shape index (κ1) is 12.6. The molecule has 0 radical (unpaired) electrons. The van der Waals surface area contributed by atoms with E-state index in [1.807, 2.05) is 12.2 Å². The molecule has 1 atom stereocenters. The van der Waals surface area contributed by atoms with Crippen LogP contribution in [-0.2, 0) is 4.79 Å². The lowest BCUT2D eigenvalue weighted by molar-refractivity contribution is -0.120. The molecule has 2 aliphatic rings. The van der Waals surface area contributed by atoms with Gasteiger partial charge in [0.05, 0.1) is 0 Å². The Morgan fingerprint density at radius 1 is 1.35 bits per heavy atom. The molecule has 1 heterocycles. The third kappa shape index (κ3) is 3.29. The average Bonchev–Trinajstić information content (AvgIpc) is 2.90. The number of carbonyl (C=O) groups excluding carboxylic acids is 1. The summed E-state index contributed by atoms with van der Waals surface area (Å²) in [5.74, 6) is 0.585. The Labute approximate surface area is 104 Å². The van der Waals surface area contributed by atoms with Gasteiger partial charge in [-0.05, 0) is 44.3 Å². The Kier molecular flexibility index (Phi) is 4.55. The lowest BCUT2D eigenvalue weighted by Gasteiger charge is -2.29. The Hall–Kier alpha value is -0.890. The van der Waals surface area contributed by atoms with Crippen LogP contribution in [0.2, 0.25) is 0 Å². The minimum absolute atomic E-state index is 0.208. The van der Waals surface area contributed by atoms with Crippen LogP contribution in [0.5, 0.6) is 0 Å². The Bertz CT molecular complexity index is 324. The molecule has 2 rings (SSSR count). The minimum atomic E-state index is 0.208. The van der Waals surface area contributed by atoms with Gasteiger partial charge in [0.25, 0.3) is 0 Å². The smallest absolute Gasteiger partial charge is 0.163 e. The zero-order chi connectivity index (χ0) is 12.1. The molecule has 0 amide bonds. The monoisotopic (exact) mass is 233 g/mol. The van der Waals surface area contributed by atoms with E-state index in [1.54, 1.807) is 0 Å². The van der Waals surface area contributed by atoms with Gasteiger partial charge in [-0.15, -0.1) is 0 Å². The molecule has 17 heavy (non-hydrogen) atoms. The normalized spacial score (nSPS) is 22.5. The summed E-state index contributed by atoms with van der Waals surface area (Å²) < 4.78 is 0. The van der Waals surface area contributed by atoms with E-state index in [9.17, 15) is 4.79 Å². The van der Waals surface area contributed by atoms with Crippen molar-refractivity contribution in [3.8, 4) is 0 Å². The van der Waals surface area contributed by atoms with Crippen LogP contribution >= 0.6 is 0 Å². The van der Waals surface area contributed by atoms with E-state index in [1.165, 1.54) is 32.4 Å². The highest BCUT2D eigenvalue weighted by Crippen LogP contribution is 2.20. The highest BCUT2D eigenvalue weighted by Gasteiger charge is 2.23. The van der Waals surface area contributed by atoms with Gasteiger partial charge in [-0.25, -0.2) is 0 Å². The van der Waals surface area contributed by atoms with Crippen molar-refractivity contribution < 1.29 is 4.79 Å². The van der Waals surface area contributed by atoms with Crippen molar-refractivity contribution >= 4 is 5.78 Å². The van der Waals surface area contributed by atoms with Gasteiger partial charge in [0.1, 0.15) is 0 Å². The summed E-state index contributed by atoms with van der Waals surface area (Å²) in [5, 5.41) is 0. The first-order chi connectivity index (χ1) is 8.31. The van der Waals surface area contributed by atoms with E-state index >= 15 is 0 Å². The van der Waals surface area contributed by atoms with Crippen molar-refractivity contribution in [2.75, 3.05) is 19.6 Å². The maximum atomic E-state index is 12.3. The number of carbonyl (C=O) groups is 1. The highest BCUT2D eigenvalue weighted by molar-refractivity contribution is 5.98. The third-order valence-corrected chi connectivity index (χ3v) is 3.88. The quantitative estimate of drug-likeness (QED) is 0.727. The van der Waals surface area contributed by atoms with Crippen LogP contribution in [0.25, 0.3) is 0 Å². The summed E-state index contributed by atoms with van der Waals surface area (Å²) in [7, 11) is 0. The number of likely N-dealkylation sites (tertiary alicyclic amines) is 1. The Morgan fingerprint density at radius 2 is 2.12 bits per heavy atom. The molecular weight excluding hydrogens is 210 g/mol. The second-order valence-corrected chi connectivity index (χ2v) is 5.15. The van der Waals surface area contributed by atoms with Crippen LogP contribution in [0, 0.1) is 5.92 Å². The molecule has 2 heteroatoms. The van der Waals surface area contributed by atoms with E-state index in [0.29, 0.717) is 5.78 Å². The highest BCUT2D eigenvalue weighted by atomic mass is 16.1. The molecule has 1 fully saturated rings. The molecule has 0 aromatic heterocycles. The van der Waals surface area contributed by atoms with Gasteiger partial charge in [-0.3, -0.25) is 4.79 Å². The van der Waals surface area contributed by atoms with Crippen LogP contribution in [0.4, 0.5) is 0 Å². The fourth-order valence-electron chi connectivity index (χ4n) is 2.74. The second-order valence-electron chi connectivity index (χ2n) is 5.15. The summed E-state index contributed by atoms with van der Waals surface area (Å²) in [6.45, 7) is 5.46. The first-order valence-electron chi connectivity index (χ1n) is 6.93. The van der Waals surface area contributed by atoms with E-state index in [0.717, 1.165) is 25.0 Å². The molecule has 0 saturated carbocycles. The number of rotatable bonds is 5. The van der Waals surface area contributed by atoms with Gasteiger partial charge in [-0.1, -0.05) is 31.6 Å². The van der Waals surface area contributed by atoms with E-state index in [4.69, 9.17) is 0 Å². The van der Waals surface area contributed by atoms with Crippen molar-refractivity contribution in [1.82, 2.24) is 4.90 Å². The van der Waals surface area contributed by atoms with Gasteiger partial charge in [-0.2, -0.15) is 0 Å². The SMILES string of the molecule is CCC(CN1CCCCC1)C(=O)C1=CC=CC1. The van der Waals surface area contributed by atoms with Crippen molar-refractivity contribution in [3.05, 3.63) is 23.8 Å². The average molecular weight is 233 g/mol. The largest absolute Gasteiger partial charge is 0.303 e. The van der Waals surface area contributed by atoms with Crippen LogP contribution in [0.3, 0.4) is 0 Å². The number of allylic oxidation sites excluding steroid dienone is 4. The lowest BCUT2D eigenvalue weighted by Crippen LogP contribution is -2.36. The molecule has 94 valence electrons. The summed E-state index contributed by atoms with van der Waals surface area (Å²) in [6, 6.07) is 0. The number of hydrogen-bond donors (Lipinski definition) is 0. The molecule has 0 spiro atoms. The summed E-state index contributed by atoms with van der Waals surface area (Å²) >= 11 is 0. The number of piperidine rings is 1. The molecule has 1 aliphatic carbocycles. The van der Waals surface area contributed by atoms with Crippen molar-refractivity contribution in [1.29, 1.82) is 0 Å². The zero-order valence-corrected chi connectivity index (χ0v) is 10.8. The van der Waals surface area contributed by atoms with E-state index in [2.05, 4.69) is 17.9 Å².